The van der Waals surface area contributed by atoms with Gasteiger partial charge in [-0.2, -0.15) is 0 Å². The molecule has 3 N–H and O–H groups in total. The second-order valence-electron chi connectivity index (χ2n) is 4.80. The number of nitrogen functional groups attached to an aromatic ring is 1. The monoisotopic (exact) mass is 232 g/mol. The van der Waals surface area contributed by atoms with Crippen molar-refractivity contribution in [2.45, 2.75) is 32.1 Å². The lowest BCUT2D eigenvalue weighted by Crippen LogP contribution is -2.32. The van der Waals surface area contributed by atoms with E-state index in [0.717, 1.165) is 30.1 Å². The molecule has 0 aromatic heterocycles. The van der Waals surface area contributed by atoms with Crippen LogP contribution in [0.1, 0.15) is 31.2 Å². The molecule has 1 aliphatic carbocycles. The number of benzene rings is 1. The summed E-state index contributed by atoms with van der Waals surface area (Å²) < 4.78 is 0. The van der Waals surface area contributed by atoms with Crippen LogP contribution < -0.4 is 11.1 Å². The number of hydrogen-bond donors (Lipinski definition) is 2. The lowest BCUT2D eigenvalue weighted by molar-refractivity contribution is -0.121. The van der Waals surface area contributed by atoms with Crippen molar-refractivity contribution in [2.75, 3.05) is 12.3 Å². The number of nitrogens with one attached hydrogen (secondary N) is 1. The third-order valence-corrected chi connectivity index (χ3v) is 3.49. The summed E-state index contributed by atoms with van der Waals surface area (Å²) in [5.74, 6) is 0.862. The molecule has 1 aliphatic rings. The van der Waals surface area contributed by atoms with Crippen LogP contribution in [-0.4, -0.2) is 12.5 Å². The molecule has 0 unspecified atom stereocenters. The summed E-state index contributed by atoms with van der Waals surface area (Å²) in [7, 11) is 0. The molecule has 2 rings (SSSR count). The summed E-state index contributed by atoms with van der Waals surface area (Å²) in [6, 6.07) is 7.73. The Hall–Kier alpha value is -1.51. The van der Waals surface area contributed by atoms with Crippen LogP contribution in [0.3, 0.4) is 0 Å². The van der Waals surface area contributed by atoms with Crippen molar-refractivity contribution in [3.8, 4) is 0 Å². The maximum atomic E-state index is 11.6. The molecule has 3 heteroatoms. The number of aryl methyl sites for hydroxylation is 1. The lowest BCUT2D eigenvalue weighted by atomic mass is 9.85. The van der Waals surface area contributed by atoms with Crippen molar-refractivity contribution in [3.63, 3.8) is 0 Å². The Labute approximate surface area is 102 Å². The molecule has 3 nitrogen and oxygen atoms in total. The molecular formula is C14H20N2O. The molecular weight excluding hydrogens is 212 g/mol. The van der Waals surface area contributed by atoms with E-state index in [9.17, 15) is 4.79 Å². The fraction of sp³-hybridized carbons (Fsp3) is 0.500. The van der Waals surface area contributed by atoms with E-state index >= 15 is 0 Å². The van der Waals surface area contributed by atoms with Gasteiger partial charge < -0.3 is 11.1 Å². The van der Waals surface area contributed by atoms with Crippen molar-refractivity contribution >= 4 is 11.6 Å². The Morgan fingerprint density at radius 2 is 2.12 bits per heavy atom. The zero-order valence-corrected chi connectivity index (χ0v) is 10.1. The minimum Gasteiger partial charge on any atom is -0.399 e. The van der Waals surface area contributed by atoms with Crippen LogP contribution in [0.4, 0.5) is 5.69 Å². The molecule has 92 valence electrons. The molecule has 1 aromatic rings. The average Bonchev–Trinajstić information content (AvgIpc) is 2.26. The van der Waals surface area contributed by atoms with Gasteiger partial charge in [-0.3, -0.25) is 4.79 Å². The van der Waals surface area contributed by atoms with E-state index in [-0.39, 0.29) is 5.91 Å². The molecule has 0 radical (unpaired) electrons. The molecule has 1 amide bonds. The number of anilines is 1. The summed E-state index contributed by atoms with van der Waals surface area (Å²) >= 11 is 0. The fourth-order valence-electron chi connectivity index (χ4n) is 2.05. The zero-order chi connectivity index (χ0) is 12.1. The minimum absolute atomic E-state index is 0.139. The summed E-state index contributed by atoms with van der Waals surface area (Å²) in [6.45, 7) is 0.850. The number of hydrogen-bond acceptors (Lipinski definition) is 2. The first-order valence-corrected chi connectivity index (χ1v) is 6.36. The number of carbonyl (C=O) groups excluding carboxylic acids is 1. The highest BCUT2D eigenvalue weighted by Crippen LogP contribution is 2.25. The predicted molar refractivity (Wildman–Crippen MR) is 69.5 cm³/mol. The highest BCUT2D eigenvalue weighted by molar-refractivity contribution is 5.76. The molecule has 1 fully saturated rings. The molecule has 0 bridgehead atoms. The first-order chi connectivity index (χ1) is 8.25. The maximum Gasteiger partial charge on any atom is 0.220 e. The number of amides is 1. The second kappa shape index (κ2) is 5.71. The van der Waals surface area contributed by atoms with Gasteiger partial charge in [0.05, 0.1) is 0 Å². The first kappa shape index (κ1) is 12.0. The smallest absolute Gasteiger partial charge is 0.220 e. The molecule has 1 saturated carbocycles. The van der Waals surface area contributed by atoms with Crippen LogP contribution >= 0.6 is 0 Å². The van der Waals surface area contributed by atoms with Gasteiger partial charge in [0.25, 0.3) is 0 Å². The van der Waals surface area contributed by atoms with Crippen LogP contribution in [0, 0.1) is 5.92 Å². The van der Waals surface area contributed by atoms with Crippen LogP contribution in [0.15, 0.2) is 24.3 Å². The average molecular weight is 232 g/mol. The third kappa shape index (κ3) is 3.48. The number of para-hydroxylation sites is 1. The number of rotatable bonds is 5. The Bertz CT molecular complexity index is 386. The molecule has 0 aliphatic heterocycles. The third-order valence-electron chi connectivity index (χ3n) is 3.49. The van der Waals surface area contributed by atoms with E-state index in [1.165, 1.54) is 19.3 Å². The summed E-state index contributed by atoms with van der Waals surface area (Å²) in [5, 5.41) is 2.99. The van der Waals surface area contributed by atoms with Gasteiger partial charge in [0.1, 0.15) is 0 Å². The molecule has 0 heterocycles. The maximum absolute atomic E-state index is 11.6. The molecule has 17 heavy (non-hydrogen) atoms. The highest BCUT2D eigenvalue weighted by atomic mass is 16.1. The Morgan fingerprint density at radius 3 is 2.76 bits per heavy atom. The van der Waals surface area contributed by atoms with Crippen LogP contribution in [0.2, 0.25) is 0 Å². The summed E-state index contributed by atoms with van der Waals surface area (Å²) in [6.07, 6.45) is 5.11. The van der Waals surface area contributed by atoms with Gasteiger partial charge in [-0.1, -0.05) is 24.6 Å². The fourth-order valence-corrected chi connectivity index (χ4v) is 2.05. The van der Waals surface area contributed by atoms with Crippen molar-refractivity contribution < 1.29 is 4.79 Å². The Morgan fingerprint density at radius 1 is 1.35 bits per heavy atom. The minimum atomic E-state index is 0.139. The van der Waals surface area contributed by atoms with Gasteiger partial charge in [0, 0.05) is 18.7 Å². The van der Waals surface area contributed by atoms with E-state index in [4.69, 9.17) is 5.73 Å². The summed E-state index contributed by atoms with van der Waals surface area (Å²) in [4.78, 5) is 11.6. The van der Waals surface area contributed by atoms with Crippen LogP contribution in [0.5, 0.6) is 0 Å². The van der Waals surface area contributed by atoms with Crippen molar-refractivity contribution in [3.05, 3.63) is 29.8 Å². The topological polar surface area (TPSA) is 55.1 Å². The standard InChI is InChI=1S/C14H20N2O/c15-13-7-2-1-6-12(13)8-9-14(17)16-10-11-4-3-5-11/h1-2,6-7,11H,3-5,8-10,15H2,(H,16,17). The normalized spacial score (nSPS) is 15.3. The van der Waals surface area contributed by atoms with Crippen LogP contribution in [-0.2, 0) is 11.2 Å². The van der Waals surface area contributed by atoms with E-state index < -0.39 is 0 Å². The SMILES string of the molecule is Nc1ccccc1CCC(=O)NCC1CCC1. The van der Waals surface area contributed by atoms with E-state index in [0.29, 0.717) is 6.42 Å². The quantitative estimate of drug-likeness (QED) is 0.764. The lowest BCUT2D eigenvalue weighted by Gasteiger charge is -2.25. The van der Waals surface area contributed by atoms with E-state index in [1.807, 2.05) is 24.3 Å². The second-order valence-corrected chi connectivity index (χ2v) is 4.80. The van der Waals surface area contributed by atoms with Crippen molar-refractivity contribution in [2.24, 2.45) is 5.92 Å². The number of nitrogens with two attached hydrogens (primary N) is 1. The van der Waals surface area contributed by atoms with Gasteiger partial charge >= 0.3 is 0 Å². The zero-order valence-electron chi connectivity index (χ0n) is 10.1. The van der Waals surface area contributed by atoms with Gasteiger partial charge in [-0.05, 0) is 36.8 Å². The molecule has 1 aromatic carbocycles. The first-order valence-electron chi connectivity index (χ1n) is 6.36. The van der Waals surface area contributed by atoms with Crippen molar-refractivity contribution in [1.29, 1.82) is 0 Å². The molecule has 0 spiro atoms. The van der Waals surface area contributed by atoms with Gasteiger partial charge in [-0.25, -0.2) is 0 Å². The summed E-state index contributed by atoms with van der Waals surface area (Å²) in [5.41, 5.74) is 7.67. The highest BCUT2D eigenvalue weighted by Gasteiger charge is 2.17. The van der Waals surface area contributed by atoms with Gasteiger partial charge in [0.2, 0.25) is 5.91 Å². The molecule has 0 atom stereocenters. The number of carbonyl (C=O) groups is 1. The van der Waals surface area contributed by atoms with E-state index in [1.54, 1.807) is 0 Å². The van der Waals surface area contributed by atoms with Crippen LogP contribution in [0.25, 0.3) is 0 Å². The van der Waals surface area contributed by atoms with Gasteiger partial charge in [0.15, 0.2) is 0 Å². The van der Waals surface area contributed by atoms with Crippen molar-refractivity contribution in [1.82, 2.24) is 5.32 Å². The Balaban J connectivity index is 1.70. The Kier molecular flexibility index (Phi) is 4.02. The predicted octanol–water partition coefficient (Wildman–Crippen LogP) is 2.12. The largest absolute Gasteiger partial charge is 0.399 e. The van der Waals surface area contributed by atoms with E-state index in [2.05, 4.69) is 5.32 Å². The van der Waals surface area contributed by atoms with Gasteiger partial charge in [-0.15, -0.1) is 0 Å². The molecule has 0 saturated heterocycles.